The SMILES string of the molecule is CN=C(C)OC(C)=O. The molecule has 0 amide bonds. The quantitative estimate of drug-likeness (QED) is 0.263. The average Bonchev–Trinajstić information content (AvgIpc) is 1.65. The third-order valence-corrected chi connectivity index (χ3v) is 0.606. The molecule has 46 valence electrons. The lowest BCUT2D eigenvalue weighted by Crippen LogP contribution is -2.03. The minimum atomic E-state index is -0.326. The Hall–Kier alpha value is -0.860. The van der Waals surface area contributed by atoms with Crippen LogP contribution >= 0.6 is 0 Å². The first-order valence-electron chi connectivity index (χ1n) is 2.28. The fraction of sp³-hybridized carbons (Fsp3) is 0.600. The summed E-state index contributed by atoms with van der Waals surface area (Å²) in [6.45, 7) is 2.97. The highest BCUT2D eigenvalue weighted by atomic mass is 16.5. The molecule has 0 radical (unpaired) electrons. The van der Waals surface area contributed by atoms with E-state index in [1.54, 1.807) is 14.0 Å². The zero-order chi connectivity index (χ0) is 6.57. The molecule has 0 saturated carbocycles. The van der Waals surface area contributed by atoms with E-state index in [-0.39, 0.29) is 5.97 Å². The van der Waals surface area contributed by atoms with Crippen LogP contribution in [0.25, 0.3) is 0 Å². The molecule has 0 atom stereocenters. The Morgan fingerprint density at radius 2 is 2.00 bits per heavy atom. The average molecular weight is 115 g/mol. The Kier molecular flexibility index (Phi) is 2.84. The molecule has 0 aromatic rings. The van der Waals surface area contributed by atoms with Crippen LogP contribution < -0.4 is 0 Å². The Morgan fingerprint density at radius 1 is 1.50 bits per heavy atom. The van der Waals surface area contributed by atoms with Crippen LogP contribution in [0.4, 0.5) is 0 Å². The molecule has 0 aliphatic heterocycles. The summed E-state index contributed by atoms with van der Waals surface area (Å²) in [6, 6.07) is 0. The van der Waals surface area contributed by atoms with Crippen molar-refractivity contribution in [2.24, 2.45) is 4.99 Å². The minimum absolute atomic E-state index is 0.326. The monoisotopic (exact) mass is 115 g/mol. The van der Waals surface area contributed by atoms with Crippen LogP contribution in [-0.2, 0) is 9.53 Å². The van der Waals surface area contributed by atoms with E-state index in [1.165, 1.54) is 6.92 Å². The molecule has 0 N–H and O–H groups in total. The summed E-state index contributed by atoms with van der Waals surface area (Å²) in [4.78, 5) is 13.7. The Labute approximate surface area is 48.4 Å². The fourth-order valence-corrected chi connectivity index (χ4v) is 0.254. The van der Waals surface area contributed by atoms with Crippen molar-refractivity contribution in [2.75, 3.05) is 7.05 Å². The molecule has 3 heteroatoms. The maximum atomic E-state index is 10.1. The lowest BCUT2D eigenvalue weighted by atomic mass is 10.7. The zero-order valence-corrected chi connectivity index (χ0v) is 5.26. The topological polar surface area (TPSA) is 38.7 Å². The van der Waals surface area contributed by atoms with Crippen molar-refractivity contribution in [1.82, 2.24) is 0 Å². The number of aliphatic imine (C=N–C) groups is 1. The van der Waals surface area contributed by atoms with Crippen molar-refractivity contribution in [3.8, 4) is 0 Å². The van der Waals surface area contributed by atoms with E-state index in [1.807, 2.05) is 0 Å². The first-order valence-corrected chi connectivity index (χ1v) is 2.28. The van der Waals surface area contributed by atoms with Gasteiger partial charge in [0.15, 0.2) is 5.90 Å². The number of rotatable bonds is 0. The Morgan fingerprint density at radius 3 is 2.12 bits per heavy atom. The van der Waals surface area contributed by atoms with Crippen molar-refractivity contribution in [2.45, 2.75) is 13.8 Å². The van der Waals surface area contributed by atoms with Crippen LogP contribution in [0.5, 0.6) is 0 Å². The van der Waals surface area contributed by atoms with E-state index in [0.29, 0.717) is 5.90 Å². The molecule has 0 aliphatic carbocycles. The largest absolute Gasteiger partial charge is 0.412 e. The number of esters is 1. The van der Waals surface area contributed by atoms with Crippen molar-refractivity contribution >= 4 is 11.9 Å². The van der Waals surface area contributed by atoms with E-state index >= 15 is 0 Å². The van der Waals surface area contributed by atoms with Gasteiger partial charge < -0.3 is 4.74 Å². The summed E-state index contributed by atoms with van der Waals surface area (Å²) in [5.41, 5.74) is 0. The van der Waals surface area contributed by atoms with Gasteiger partial charge in [0, 0.05) is 20.9 Å². The maximum Gasteiger partial charge on any atom is 0.309 e. The second kappa shape index (κ2) is 3.18. The third-order valence-electron chi connectivity index (χ3n) is 0.606. The Balaban J connectivity index is 3.56. The highest BCUT2D eigenvalue weighted by molar-refractivity contribution is 5.85. The summed E-state index contributed by atoms with van der Waals surface area (Å²) in [6.07, 6.45) is 0. The van der Waals surface area contributed by atoms with Crippen molar-refractivity contribution in [3.63, 3.8) is 0 Å². The summed E-state index contributed by atoms with van der Waals surface area (Å²) < 4.78 is 4.51. The van der Waals surface area contributed by atoms with Crippen LogP contribution in [0, 0.1) is 0 Å². The van der Waals surface area contributed by atoms with Crippen molar-refractivity contribution in [1.29, 1.82) is 0 Å². The molecular formula is C5H9NO2. The lowest BCUT2D eigenvalue weighted by molar-refractivity contribution is -0.133. The number of nitrogens with zero attached hydrogens (tertiary/aromatic N) is 1. The zero-order valence-electron chi connectivity index (χ0n) is 5.26. The highest BCUT2D eigenvalue weighted by Gasteiger charge is 1.91. The Bertz CT molecular complexity index is 118. The van der Waals surface area contributed by atoms with Gasteiger partial charge in [0.1, 0.15) is 0 Å². The smallest absolute Gasteiger partial charge is 0.309 e. The summed E-state index contributed by atoms with van der Waals surface area (Å²) in [7, 11) is 1.57. The molecular weight excluding hydrogens is 106 g/mol. The fourth-order valence-electron chi connectivity index (χ4n) is 0.254. The molecule has 3 nitrogen and oxygen atoms in total. The first kappa shape index (κ1) is 7.14. The molecule has 0 aromatic carbocycles. The molecule has 0 spiro atoms. The first-order chi connectivity index (χ1) is 3.66. The van der Waals surface area contributed by atoms with Gasteiger partial charge in [-0.2, -0.15) is 0 Å². The van der Waals surface area contributed by atoms with Crippen molar-refractivity contribution in [3.05, 3.63) is 0 Å². The second-order valence-electron chi connectivity index (χ2n) is 1.34. The molecule has 0 fully saturated rings. The number of carbonyl (C=O) groups excluding carboxylic acids is 1. The van der Waals surface area contributed by atoms with Gasteiger partial charge in [0.05, 0.1) is 0 Å². The molecule has 0 rings (SSSR count). The van der Waals surface area contributed by atoms with Gasteiger partial charge in [-0.1, -0.05) is 0 Å². The van der Waals surface area contributed by atoms with Gasteiger partial charge in [0.2, 0.25) is 0 Å². The normalized spacial score (nSPS) is 11.1. The van der Waals surface area contributed by atoms with Gasteiger partial charge in [-0.05, 0) is 0 Å². The summed E-state index contributed by atoms with van der Waals surface area (Å²) >= 11 is 0. The molecule has 0 aliphatic rings. The highest BCUT2D eigenvalue weighted by Crippen LogP contribution is 1.78. The van der Waals surface area contributed by atoms with Gasteiger partial charge in [0.25, 0.3) is 0 Å². The van der Waals surface area contributed by atoms with E-state index in [9.17, 15) is 4.79 Å². The third kappa shape index (κ3) is 3.33. The number of carbonyl (C=O) groups is 1. The standard InChI is InChI=1S/C5H9NO2/c1-4(6-3)8-5(2)7/h1-3H3. The van der Waals surface area contributed by atoms with E-state index in [4.69, 9.17) is 0 Å². The lowest BCUT2D eigenvalue weighted by Gasteiger charge is -1.94. The van der Waals surface area contributed by atoms with Gasteiger partial charge in [-0.3, -0.25) is 9.79 Å². The van der Waals surface area contributed by atoms with Crippen LogP contribution in [0.15, 0.2) is 4.99 Å². The summed E-state index contributed by atoms with van der Waals surface area (Å²) in [5, 5.41) is 0. The molecule has 0 unspecified atom stereocenters. The predicted molar refractivity (Wildman–Crippen MR) is 30.8 cm³/mol. The summed E-state index contributed by atoms with van der Waals surface area (Å²) in [5.74, 6) is 0.0746. The van der Waals surface area contributed by atoms with Gasteiger partial charge >= 0.3 is 5.97 Å². The van der Waals surface area contributed by atoms with Crippen molar-refractivity contribution < 1.29 is 9.53 Å². The molecule has 8 heavy (non-hydrogen) atoms. The second-order valence-corrected chi connectivity index (χ2v) is 1.34. The maximum absolute atomic E-state index is 10.1. The minimum Gasteiger partial charge on any atom is -0.412 e. The van der Waals surface area contributed by atoms with Crippen LogP contribution in [0.1, 0.15) is 13.8 Å². The number of hydrogen-bond donors (Lipinski definition) is 0. The van der Waals surface area contributed by atoms with Crippen LogP contribution in [0.3, 0.4) is 0 Å². The molecule has 0 aromatic heterocycles. The van der Waals surface area contributed by atoms with Crippen LogP contribution in [-0.4, -0.2) is 18.9 Å². The van der Waals surface area contributed by atoms with Crippen LogP contribution in [0.2, 0.25) is 0 Å². The van der Waals surface area contributed by atoms with E-state index in [0.717, 1.165) is 0 Å². The predicted octanol–water partition coefficient (Wildman–Crippen LogP) is 0.598. The van der Waals surface area contributed by atoms with Gasteiger partial charge in [-0.15, -0.1) is 0 Å². The molecule has 0 heterocycles. The molecule has 0 saturated heterocycles. The van der Waals surface area contributed by atoms with E-state index < -0.39 is 0 Å². The molecule has 0 bridgehead atoms. The number of ether oxygens (including phenoxy) is 1. The van der Waals surface area contributed by atoms with E-state index in [2.05, 4.69) is 9.73 Å². The van der Waals surface area contributed by atoms with Gasteiger partial charge in [-0.25, -0.2) is 0 Å². The number of hydrogen-bond acceptors (Lipinski definition) is 3.